The Hall–Kier alpha value is -1.23. The summed E-state index contributed by atoms with van der Waals surface area (Å²) in [6.45, 7) is 3.39. The van der Waals surface area contributed by atoms with Crippen LogP contribution in [0.3, 0.4) is 0 Å². The Bertz CT molecular complexity index is 567. The van der Waals surface area contributed by atoms with Crippen LogP contribution in [0.2, 0.25) is 0 Å². The van der Waals surface area contributed by atoms with Crippen LogP contribution in [-0.4, -0.2) is 35.3 Å². The Kier molecular flexibility index (Phi) is 4.35. The number of carbonyl (C=O) groups is 1. The van der Waals surface area contributed by atoms with E-state index in [1.165, 1.54) is 4.90 Å². The van der Waals surface area contributed by atoms with Gasteiger partial charge in [-0.05, 0) is 56.6 Å². The van der Waals surface area contributed by atoms with Crippen molar-refractivity contribution in [3.8, 4) is 5.75 Å². The molecule has 1 aromatic carbocycles. The highest BCUT2D eigenvalue weighted by atomic mass is 79.9. The maximum atomic E-state index is 11.0. The van der Waals surface area contributed by atoms with Gasteiger partial charge in [0, 0.05) is 23.1 Å². The van der Waals surface area contributed by atoms with Gasteiger partial charge in [0.2, 0.25) is 0 Å². The van der Waals surface area contributed by atoms with Gasteiger partial charge in [-0.15, -0.1) is 0 Å². The smallest absolute Gasteiger partial charge is 0.407 e. The molecule has 3 rings (SSSR count). The van der Waals surface area contributed by atoms with Crippen LogP contribution in [-0.2, 0) is 0 Å². The zero-order chi connectivity index (χ0) is 15.7. The molecule has 0 radical (unpaired) electrons. The van der Waals surface area contributed by atoms with Crippen LogP contribution in [0.25, 0.3) is 0 Å². The van der Waals surface area contributed by atoms with Crippen molar-refractivity contribution in [1.29, 1.82) is 0 Å². The fourth-order valence-corrected chi connectivity index (χ4v) is 4.12. The van der Waals surface area contributed by atoms with Crippen molar-refractivity contribution in [2.75, 3.05) is 13.1 Å². The van der Waals surface area contributed by atoms with E-state index in [1.54, 1.807) is 0 Å². The highest BCUT2D eigenvalue weighted by molar-refractivity contribution is 9.10. The summed E-state index contributed by atoms with van der Waals surface area (Å²) in [4.78, 5) is 12.6. The van der Waals surface area contributed by atoms with Crippen LogP contribution in [0.15, 0.2) is 22.7 Å². The average molecular weight is 368 g/mol. The zero-order valence-electron chi connectivity index (χ0n) is 12.8. The Labute approximate surface area is 139 Å². The standard InChI is InChI=1S/C17H22BrNO3/c1-12-14(18)3-2-4-15(12)22-13-5-6-17(11-13)7-9-19(10-8-17)16(20)21/h2-4,13H,5-11H2,1H3,(H,20,21). The second-order valence-corrected chi connectivity index (χ2v) is 7.47. The van der Waals surface area contributed by atoms with E-state index in [-0.39, 0.29) is 11.5 Å². The van der Waals surface area contributed by atoms with Crippen LogP contribution >= 0.6 is 15.9 Å². The van der Waals surface area contributed by atoms with Crippen molar-refractivity contribution < 1.29 is 14.6 Å². The molecule has 22 heavy (non-hydrogen) atoms. The molecule has 2 fully saturated rings. The van der Waals surface area contributed by atoms with E-state index < -0.39 is 6.09 Å². The Morgan fingerprint density at radius 2 is 2.09 bits per heavy atom. The van der Waals surface area contributed by atoms with Gasteiger partial charge in [0.15, 0.2) is 0 Å². The normalized spacial score (nSPS) is 23.7. The quantitative estimate of drug-likeness (QED) is 0.839. The molecule has 1 atom stereocenters. The number of carboxylic acid groups (broad SMARTS) is 1. The van der Waals surface area contributed by atoms with Crippen molar-refractivity contribution in [2.45, 2.75) is 45.1 Å². The minimum atomic E-state index is -0.787. The number of halogens is 1. The van der Waals surface area contributed by atoms with Gasteiger partial charge in [-0.25, -0.2) is 4.79 Å². The van der Waals surface area contributed by atoms with E-state index in [0.29, 0.717) is 13.1 Å². The van der Waals surface area contributed by atoms with Crippen LogP contribution < -0.4 is 4.74 Å². The lowest BCUT2D eigenvalue weighted by atomic mass is 9.77. The van der Waals surface area contributed by atoms with Crippen molar-refractivity contribution in [1.82, 2.24) is 4.90 Å². The molecular formula is C17H22BrNO3. The number of ether oxygens (including phenoxy) is 1. The number of likely N-dealkylation sites (tertiary alicyclic amines) is 1. The summed E-state index contributed by atoms with van der Waals surface area (Å²) in [7, 11) is 0. The number of piperidine rings is 1. The molecule has 4 nitrogen and oxygen atoms in total. The predicted octanol–water partition coefficient (Wildman–Crippen LogP) is 4.45. The zero-order valence-corrected chi connectivity index (χ0v) is 14.4. The highest BCUT2D eigenvalue weighted by Gasteiger charge is 2.43. The highest BCUT2D eigenvalue weighted by Crippen LogP contribution is 2.47. The summed E-state index contributed by atoms with van der Waals surface area (Å²) in [5, 5.41) is 9.07. The molecule has 0 aromatic heterocycles. The van der Waals surface area contributed by atoms with Crippen LogP contribution in [0.1, 0.15) is 37.7 Å². The minimum Gasteiger partial charge on any atom is -0.490 e. The van der Waals surface area contributed by atoms with Gasteiger partial charge >= 0.3 is 6.09 Å². The number of amides is 1. The lowest BCUT2D eigenvalue weighted by molar-refractivity contribution is 0.0838. The molecule has 1 amide bonds. The molecule has 1 saturated heterocycles. The summed E-state index contributed by atoms with van der Waals surface area (Å²) in [5.74, 6) is 0.958. The lowest BCUT2D eigenvalue weighted by Crippen LogP contribution is -2.41. The third kappa shape index (κ3) is 3.09. The minimum absolute atomic E-state index is 0.254. The molecule has 1 aliphatic carbocycles. The molecule has 1 spiro atoms. The van der Waals surface area contributed by atoms with Gasteiger partial charge < -0.3 is 14.7 Å². The molecular weight excluding hydrogens is 346 g/mol. The molecule has 1 unspecified atom stereocenters. The van der Waals surface area contributed by atoms with E-state index in [9.17, 15) is 4.79 Å². The summed E-state index contributed by atoms with van der Waals surface area (Å²) in [6, 6.07) is 6.06. The lowest BCUT2D eigenvalue weighted by Gasteiger charge is -2.38. The van der Waals surface area contributed by atoms with Crippen LogP contribution in [0, 0.1) is 12.3 Å². The molecule has 0 bridgehead atoms. The molecule has 2 aliphatic rings. The van der Waals surface area contributed by atoms with Gasteiger partial charge in [-0.3, -0.25) is 0 Å². The first-order valence-electron chi connectivity index (χ1n) is 7.89. The maximum absolute atomic E-state index is 11.0. The summed E-state index contributed by atoms with van der Waals surface area (Å²) < 4.78 is 7.31. The monoisotopic (exact) mass is 367 g/mol. The van der Waals surface area contributed by atoms with E-state index in [4.69, 9.17) is 9.84 Å². The van der Waals surface area contributed by atoms with Crippen molar-refractivity contribution in [3.05, 3.63) is 28.2 Å². The SMILES string of the molecule is Cc1c(Br)cccc1OC1CCC2(CCN(C(=O)O)CC2)C1. The number of hydrogen-bond acceptors (Lipinski definition) is 2. The maximum Gasteiger partial charge on any atom is 0.407 e. The number of nitrogens with zero attached hydrogens (tertiary/aromatic N) is 1. The van der Waals surface area contributed by atoms with E-state index >= 15 is 0 Å². The first-order valence-corrected chi connectivity index (χ1v) is 8.68. The Morgan fingerprint density at radius 1 is 1.36 bits per heavy atom. The Balaban J connectivity index is 1.61. The van der Waals surface area contributed by atoms with Gasteiger partial charge in [-0.2, -0.15) is 0 Å². The third-order valence-corrected chi connectivity index (χ3v) is 6.12. The van der Waals surface area contributed by atoms with E-state index in [1.807, 2.05) is 18.2 Å². The molecule has 1 heterocycles. The van der Waals surface area contributed by atoms with Gasteiger partial charge in [0.1, 0.15) is 5.75 Å². The summed E-state index contributed by atoms with van der Waals surface area (Å²) in [5.41, 5.74) is 1.43. The van der Waals surface area contributed by atoms with Crippen molar-refractivity contribution in [2.24, 2.45) is 5.41 Å². The predicted molar refractivity (Wildman–Crippen MR) is 88.4 cm³/mol. The van der Waals surface area contributed by atoms with Gasteiger partial charge in [-0.1, -0.05) is 22.0 Å². The van der Waals surface area contributed by atoms with Crippen LogP contribution in [0.4, 0.5) is 4.79 Å². The summed E-state index contributed by atoms with van der Waals surface area (Å²) in [6.07, 6.45) is 4.67. The fraction of sp³-hybridized carbons (Fsp3) is 0.588. The topological polar surface area (TPSA) is 49.8 Å². The largest absolute Gasteiger partial charge is 0.490 e. The van der Waals surface area contributed by atoms with E-state index in [2.05, 4.69) is 22.9 Å². The van der Waals surface area contributed by atoms with Gasteiger partial charge in [0.05, 0.1) is 6.10 Å². The summed E-state index contributed by atoms with van der Waals surface area (Å²) >= 11 is 3.54. The molecule has 1 N–H and O–H groups in total. The van der Waals surface area contributed by atoms with Crippen LogP contribution in [0.5, 0.6) is 5.75 Å². The number of hydrogen-bond donors (Lipinski definition) is 1. The molecule has 1 aromatic rings. The Morgan fingerprint density at radius 3 is 2.77 bits per heavy atom. The van der Waals surface area contributed by atoms with Crippen molar-refractivity contribution >= 4 is 22.0 Å². The van der Waals surface area contributed by atoms with Crippen molar-refractivity contribution in [3.63, 3.8) is 0 Å². The molecule has 1 saturated carbocycles. The second-order valence-electron chi connectivity index (χ2n) is 6.62. The van der Waals surface area contributed by atoms with E-state index in [0.717, 1.165) is 47.9 Å². The first-order chi connectivity index (χ1) is 10.5. The average Bonchev–Trinajstić information content (AvgIpc) is 2.87. The first kappa shape index (κ1) is 15.7. The molecule has 5 heteroatoms. The molecule has 1 aliphatic heterocycles. The number of benzene rings is 1. The molecule has 120 valence electrons. The number of rotatable bonds is 2. The fourth-order valence-electron chi connectivity index (χ4n) is 3.78. The third-order valence-electron chi connectivity index (χ3n) is 5.26. The van der Waals surface area contributed by atoms with Gasteiger partial charge in [0.25, 0.3) is 0 Å². The second kappa shape index (κ2) is 6.11.